The summed E-state index contributed by atoms with van der Waals surface area (Å²) in [5.41, 5.74) is 7.02. The van der Waals surface area contributed by atoms with Gasteiger partial charge in [-0.1, -0.05) is 30.7 Å². The van der Waals surface area contributed by atoms with Crippen LogP contribution in [0.25, 0.3) is 0 Å². The molecule has 21 heavy (non-hydrogen) atoms. The molecule has 2 atom stereocenters. The van der Waals surface area contributed by atoms with Crippen molar-refractivity contribution in [2.75, 3.05) is 0 Å². The quantitative estimate of drug-likeness (QED) is 0.792. The average Bonchev–Trinajstić information content (AvgIpc) is 2.47. The molecular weight excluding hydrogens is 357 g/mol. The second-order valence-electron chi connectivity index (χ2n) is 4.74. The first-order chi connectivity index (χ1) is 10.0. The van der Waals surface area contributed by atoms with E-state index in [2.05, 4.69) is 15.9 Å². The Morgan fingerprint density at radius 1 is 1.29 bits per heavy atom. The zero-order valence-corrected chi connectivity index (χ0v) is 13.9. The fourth-order valence-electron chi connectivity index (χ4n) is 2.00. The molecule has 0 bridgehead atoms. The molecule has 2 aromatic rings. The summed E-state index contributed by atoms with van der Waals surface area (Å²) in [4.78, 5) is 0. The van der Waals surface area contributed by atoms with Crippen LogP contribution in [-0.2, 0) is 0 Å². The van der Waals surface area contributed by atoms with Crippen LogP contribution in [0.5, 0.6) is 5.75 Å². The van der Waals surface area contributed by atoms with E-state index >= 15 is 0 Å². The number of rotatable bonds is 5. The summed E-state index contributed by atoms with van der Waals surface area (Å²) in [6, 6.07) is 11.8. The fourth-order valence-corrected chi connectivity index (χ4v) is 2.44. The van der Waals surface area contributed by atoms with Crippen LogP contribution in [0.2, 0.25) is 5.02 Å². The average molecular weight is 373 g/mol. The zero-order chi connectivity index (χ0) is 15.4. The zero-order valence-electron chi connectivity index (χ0n) is 11.5. The molecule has 0 fully saturated rings. The maximum absolute atomic E-state index is 13.6. The number of ether oxygens (including phenoxy) is 1. The van der Waals surface area contributed by atoms with Crippen LogP contribution in [0.4, 0.5) is 4.39 Å². The van der Waals surface area contributed by atoms with Crippen molar-refractivity contribution in [1.82, 2.24) is 0 Å². The molecule has 0 aromatic heterocycles. The highest BCUT2D eigenvalue weighted by atomic mass is 79.9. The van der Waals surface area contributed by atoms with Gasteiger partial charge in [-0.15, -0.1) is 0 Å². The summed E-state index contributed by atoms with van der Waals surface area (Å²) < 4.78 is 19.9. The van der Waals surface area contributed by atoms with Gasteiger partial charge in [0, 0.05) is 17.1 Å². The monoisotopic (exact) mass is 371 g/mol. The van der Waals surface area contributed by atoms with Crippen LogP contribution >= 0.6 is 27.5 Å². The van der Waals surface area contributed by atoms with Crippen LogP contribution in [-0.4, -0.2) is 6.04 Å². The van der Waals surface area contributed by atoms with Gasteiger partial charge in [-0.2, -0.15) is 0 Å². The highest BCUT2D eigenvalue weighted by molar-refractivity contribution is 9.10. The van der Waals surface area contributed by atoms with Crippen LogP contribution in [0.1, 0.15) is 25.0 Å². The van der Waals surface area contributed by atoms with Gasteiger partial charge in [0.15, 0.2) is 0 Å². The highest BCUT2D eigenvalue weighted by Gasteiger charge is 2.21. The van der Waals surface area contributed by atoms with Gasteiger partial charge in [-0.05, 0) is 52.2 Å². The van der Waals surface area contributed by atoms with Crippen LogP contribution < -0.4 is 10.5 Å². The van der Waals surface area contributed by atoms with Gasteiger partial charge in [0.1, 0.15) is 17.7 Å². The van der Waals surface area contributed by atoms with Gasteiger partial charge >= 0.3 is 0 Å². The van der Waals surface area contributed by atoms with Crippen molar-refractivity contribution in [3.8, 4) is 5.75 Å². The molecule has 0 saturated carbocycles. The summed E-state index contributed by atoms with van der Waals surface area (Å²) in [6.45, 7) is 1.98. The van der Waals surface area contributed by atoms with E-state index in [1.165, 1.54) is 6.07 Å². The number of benzene rings is 2. The van der Waals surface area contributed by atoms with Crippen molar-refractivity contribution in [3.63, 3.8) is 0 Å². The molecule has 0 aliphatic heterocycles. The Labute approximate surface area is 137 Å². The third-order valence-electron chi connectivity index (χ3n) is 3.19. The fraction of sp³-hybridized carbons (Fsp3) is 0.250. The standard InChI is InChI=1S/C16H16BrClFNO/c1-2-15(20)16(10-4-3-5-11(18)8-10)21-12-6-7-13(17)14(19)9-12/h3-9,15-16H,2,20H2,1H3. The summed E-state index contributed by atoms with van der Waals surface area (Å²) in [5.74, 6) is 0.0620. The Hall–Kier alpha value is -1.10. The van der Waals surface area contributed by atoms with Gasteiger partial charge in [0.25, 0.3) is 0 Å². The lowest BCUT2D eigenvalue weighted by molar-refractivity contribution is 0.170. The Morgan fingerprint density at radius 3 is 2.67 bits per heavy atom. The number of hydrogen-bond donors (Lipinski definition) is 1. The largest absolute Gasteiger partial charge is 0.484 e. The molecule has 0 amide bonds. The van der Waals surface area contributed by atoms with Gasteiger partial charge in [-0.25, -0.2) is 4.39 Å². The van der Waals surface area contributed by atoms with E-state index in [1.54, 1.807) is 18.2 Å². The molecule has 0 spiro atoms. The summed E-state index contributed by atoms with van der Waals surface area (Å²) in [6.07, 6.45) is 0.352. The lowest BCUT2D eigenvalue weighted by atomic mass is 10.0. The first-order valence-electron chi connectivity index (χ1n) is 6.64. The summed E-state index contributed by atoms with van der Waals surface area (Å²) >= 11 is 9.14. The van der Waals surface area contributed by atoms with E-state index in [-0.39, 0.29) is 18.0 Å². The number of halogens is 3. The van der Waals surface area contributed by atoms with Crippen molar-refractivity contribution in [2.45, 2.75) is 25.5 Å². The van der Waals surface area contributed by atoms with Crippen molar-refractivity contribution in [3.05, 3.63) is 63.3 Å². The minimum atomic E-state index is -0.380. The Bertz CT molecular complexity index is 623. The number of hydrogen-bond acceptors (Lipinski definition) is 2. The minimum Gasteiger partial charge on any atom is -0.484 e. The van der Waals surface area contributed by atoms with Gasteiger partial charge in [0.2, 0.25) is 0 Å². The first kappa shape index (κ1) is 16.3. The van der Waals surface area contributed by atoms with Crippen molar-refractivity contribution >= 4 is 27.5 Å². The van der Waals surface area contributed by atoms with Crippen LogP contribution in [0.15, 0.2) is 46.9 Å². The molecule has 0 aliphatic carbocycles. The predicted octanol–water partition coefficient (Wildman–Crippen LogP) is 5.10. The van der Waals surface area contributed by atoms with Crippen molar-refractivity contribution in [1.29, 1.82) is 0 Å². The molecule has 0 radical (unpaired) electrons. The summed E-state index contributed by atoms with van der Waals surface area (Å²) in [5, 5.41) is 0.617. The minimum absolute atomic E-state index is 0.213. The lowest BCUT2D eigenvalue weighted by Crippen LogP contribution is -2.31. The molecule has 2 rings (SSSR count). The molecular formula is C16H16BrClFNO. The highest BCUT2D eigenvalue weighted by Crippen LogP contribution is 2.29. The molecule has 5 heteroatoms. The second-order valence-corrected chi connectivity index (χ2v) is 6.03. The van der Waals surface area contributed by atoms with E-state index in [9.17, 15) is 4.39 Å². The van der Waals surface area contributed by atoms with Gasteiger partial charge < -0.3 is 10.5 Å². The maximum Gasteiger partial charge on any atom is 0.141 e. The molecule has 2 N–H and O–H groups in total. The Morgan fingerprint density at radius 2 is 2.05 bits per heavy atom. The van der Waals surface area contributed by atoms with E-state index in [0.717, 1.165) is 12.0 Å². The van der Waals surface area contributed by atoms with Crippen LogP contribution in [0, 0.1) is 5.82 Å². The van der Waals surface area contributed by atoms with E-state index < -0.39 is 0 Å². The smallest absolute Gasteiger partial charge is 0.141 e. The van der Waals surface area contributed by atoms with Crippen molar-refractivity contribution in [2.24, 2.45) is 5.73 Å². The molecule has 0 aliphatic rings. The second kappa shape index (κ2) is 7.25. The van der Waals surface area contributed by atoms with Crippen LogP contribution in [0.3, 0.4) is 0 Å². The Kier molecular flexibility index (Phi) is 5.62. The van der Waals surface area contributed by atoms with Gasteiger partial charge in [0.05, 0.1) is 4.47 Å². The third-order valence-corrected chi connectivity index (χ3v) is 4.07. The molecule has 0 saturated heterocycles. The maximum atomic E-state index is 13.6. The molecule has 0 heterocycles. The van der Waals surface area contributed by atoms with E-state index in [4.69, 9.17) is 22.1 Å². The normalized spacial score (nSPS) is 13.8. The van der Waals surface area contributed by atoms with Gasteiger partial charge in [-0.3, -0.25) is 0 Å². The SMILES string of the molecule is CCC(N)C(Oc1ccc(Br)c(F)c1)c1cccc(Cl)c1. The van der Waals surface area contributed by atoms with E-state index in [1.807, 2.05) is 25.1 Å². The Balaban J connectivity index is 2.30. The topological polar surface area (TPSA) is 35.2 Å². The van der Waals surface area contributed by atoms with E-state index in [0.29, 0.717) is 15.2 Å². The molecule has 2 unspecified atom stereocenters. The predicted molar refractivity (Wildman–Crippen MR) is 87.2 cm³/mol. The lowest BCUT2D eigenvalue weighted by Gasteiger charge is -2.25. The summed E-state index contributed by atoms with van der Waals surface area (Å²) in [7, 11) is 0. The first-order valence-corrected chi connectivity index (χ1v) is 7.81. The number of nitrogens with two attached hydrogens (primary N) is 1. The third kappa shape index (κ3) is 4.19. The van der Waals surface area contributed by atoms with Crippen molar-refractivity contribution < 1.29 is 9.13 Å². The molecule has 112 valence electrons. The molecule has 2 aromatic carbocycles. The molecule has 2 nitrogen and oxygen atoms in total.